The van der Waals surface area contributed by atoms with Crippen molar-refractivity contribution in [2.24, 2.45) is 5.16 Å². The van der Waals surface area contributed by atoms with Gasteiger partial charge in [-0.2, -0.15) is 0 Å². The number of hydrogen-bond acceptors (Lipinski definition) is 4. The van der Waals surface area contributed by atoms with E-state index in [0.29, 0.717) is 30.1 Å². The van der Waals surface area contributed by atoms with Crippen LogP contribution in [0.2, 0.25) is 0 Å². The number of nitrogens with zero attached hydrogens (tertiary/aromatic N) is 1. The molecule has 0 spiro atoms. The van der Waals surface area contributed by atoms with Crippen molar-refractivity contribution in [2.75, 3.05) is 6.61 Å². The van der Waals surface area contributed by atoms with Crippen molar-refractivity contribution in [1.82, 2.24) is 0 Å². The van der Waals surface area contributed by atoms with E-state index in [9.17, 15) is 10.3 Å². The molecular weight excluding hydrogens is 278 g/mol. The monoisotopic (exact) mass is 307 g/mol. The molecule has 0 heterocycles. The number of rotatable bonds is 11. The fourth-order valence-corrected chi connectivity index (χ4v) is 2.49. The van der Waals surface area contributed by atoms with Crippen LogP contribution in [-0.2, 0) is 0 Å². The maximum absolute atomic E-state index is 9.96. The Morgan fingerprint density at radius 1 is 1.05 bits per heavy atom. The van der Waals surface area contributed by atoms with Crippen LogP contribution in [0.5, 0.6) is 11.5 Å². The summed E-state index contributed by atoms with van der Waals surface area (Å²) < 4.78 is 5.43. The Labute approximate surface area is 133 Å². The van der Waals surface area contributed by atoms with E-state index in [2.05, 4.69) is 12.1 Å². The van der Waals surface area contributed by atoms with Gasteiger partial charge in [-0.15, -0.1) is 0 Å². The van der Waals surface area contributed by atoms with Crippen LogP contribution in [0.3, 0.4) is 0 Å². The third-order valence-electron chi connectivity index (χ3n) is 3.73. The number of phenolic OH excluding ortho intramolecular Hbond substituents is 1. The number of aromatic hydroxyl groups is 1. The lowest BCUT2D eigenvalue weighted by Crippen LogP contribution is -2.03. The highest BCUT2D eigenvalue weighted by atomic mass is 16.5. The van der Waals surface area contributed by atoms with Crippen molar-refractivity contribution in [3.05, 3.63) is 23.8 Å². The molecule has 0 unspecified atom stereocenters. The minimum atomic E-state index is 0.124. The van der Waals surface area contributed by atoms with Crippen LogP contribution in [0, 0.1) is 0 Å². The van der Waals surface area contributed by atoms with E-state index >= 15 is 0 Å². The molecule has 0 saturated carbocycles. The highest BCUT2D eigenvalue weighted by molar-refractivity contribution is 6.02. The molecular formula is C18H29NO3. The van der Waals surface area contributed by atoms with Crippen LogP contribution >= 0.6 is 0 Å². The van der Waals surface area contributed by atoms with E-state index in [-0.39, 0.29) is 5.75 Å². The number of phenols is 1. The molecule has 22 heavy (non-hydrogen) atoms. The van der Waals surface area contributed by atoms with Gasteiger partial charge < -0.3 is 15.1 Å². The Balaban J connectivity index is 2.49. The van der Waals surface area contributed by atoms with E-state index in [1.54, 1.807) is 18.2 Å². The summed E-state index contributed by atoms with van der Waals surface area (Å²) in [6.07, 6.45) is 9.09. The van der Waals surface area contributed by atoms with Crippen LogP contribution in [0.15, 0.2) is 23.4 Å². The molecule has 4 nitrogen and oxygen atoms in total. The smallest absolute Gasteiger partial charge is 0.125 e. The maximum atomic E-state index is 9.96. The summed E-state index contributed by atoms with van der Waals surface area (Å²) in [4.78, 5) is 0. The Morgan fingerprint density at radius 3 is 2.36 bits per heavy atom. The van der Waals surface area contributed by atoms with Gasteiger partial charge in [0.05, 0.1) is 12.3 Å². The quantitative estimate of drug-likeness (QED) is 0.258. The molecule has 0 bridgehead atoms. The maximum Gasteiger partial charge on any atom is 0.125 e. The van der Waals surface area contributed by atoms with E-state index in [0.717, 1.165) is 12.8 Å². The molecule has 124 valence electrons. The molecule has 4 heteroatoms. The molecule has 0 aromatic heterocycles. The highest BCUT2D eigenvalue weighted by Gasteiger charge is 2.11. The first-order valence-electron chi connectivity index (χ1n) is 8.40. The Bertz CT molecular complexity index is 458. The lowest BCUT2D eigenvalue weighted by molar-refractivity contribution is 0.317. The topological polar surface area (TPSA) is 62.1 Å². The standard InChI is InChI=1S/C18H29NO3/c1-3-5-6-7-8-9-10-11-17(19-21)16-14-15(22-4-2)12-13-18(16)20/h12-14,20-21H,3-11H2,1-2H3/b19-17-. The molecule has 1 aromatic rings. The first-order valence-corrected chi connectivity index (χ1v) is 8.40. The van der Waals surface area contributed by atoms with Crippen LogP contribution in [0.25, 0.3) is 0 Å². The molecule has 0 saturated heterocycles. The van der Waals surface area contributed by atoms with Crippen molar-refractivity contribution in [1.29, 1.82) is 0 Å². The highest BCUT2D eigenvalue weighted by Crippen LogP contribution is 2.25. The van der Waals surface area contributed by atoms with Gasteiger partial charge in [0.1, 0.15) is 11.5 Å². The third kappa shape index (κ3) is 6.37. The van der Waals surface area contributed by atoms with Crippen LogP contribution in [-0.4, -0.2) is 22.6 Å². The van der Waals surface area contributed by atoms with Crippen LogP contribution < -0.4 is 4.74 Å². The van der Waals surface area contributed by atoms with E-state index in [1.807, 2.05) is 6.92 Å². The van der Waals surface area contributed by atoms with Gasteiger partial charge in [-0.3, -0.25) is 0 Å². The van der Waals surface area contributed by atoms with Crippen molar-refractivity contribution in [3.8, 4) is 11.5 Å². The average molecular weight is 307 g/mol. The lowest BCUT2D eigenvalue weighted by Gasteiger charge is -2.10. The van der Waals surface area contributed by atoms with Crippen LogP contribution in [0.4, 0.5) is 0 Å². The summed E-state index contributed by atoms with van der Waals surface area (Å²) >= 11 is 0. The molecule has 2 N–H and O–H groups in total. The Kier molecular flexibility index (Phi) is 9.12. The fraction of sp³-hybridized carbons (Fsp3) is 0.611. The van der Waals surface area contributed by atoms with Crippen LogP contribution in [0.1, 0.15) is 70.8 Å². The van der Waals surface area contributed by atoms with E-state index in [1.165, 1.54) is 32.1 Å². The number of hydrogen-bond donors (Lipinski definition) is 2. The third-order valence-corrected chi connectivity index (χ3v) is 3.73. The summed E-state index contributed by atoms with van der Waals surface area (Å²) in [7, 11) is 0. The van der Waals surface area contributed by atoms with Gasteiger partial charge in [-0.25, -0.2) is 0 Å². The van der Waals surface area contributed by atoms with Gasteiger partial charge in [0, 0.05) is 5.56 Å². The second-order valence-electron chi connectivity index (χ2n) is 5.53. The summed E-state index contributed by atoms with van der Waals surface area (Å²) in [6, 6.07) is 5.02. The van der Waals surface area contributed by atoms with Gasteiger partial charge in [0.2, 0.25) is 0 Å². The minimum Gasteiger partial charge on any atom is -0.507 e. The minimum absolute atomic E-state index is 0.124. The molecule has 0 aliphatic heterocycles. The zero-order chi connectivity index (χ0) is 16.2. The van der Waals surface area contributed by atoms with Crippen molar-refractivity contribution >= 4 is 5.71 Å². The first-order chi connectivity index (χ1) is 10.7. The molecule has 0 fully saturated rings. The summed E-state index contributed by atoms with van der Waals surface area (Å²) in [5.41, 5.74) is 1.08. The molecule has 0 aliphatic carbocycles. The number of ether oxygens (including phenoxy) is 1. The first kappa shape index (κ1) is 18.3. The van der Waals surface area contributed by atoms with Gasteiger partial charge in [0.25, 0.3) is 0 Å². The molecule has 0 radical (unpaired) electrons. The van der Waals surface area contributed by atoms with Gasteiger partial charge >= 0.3 is 0 Å². The average Bonchev–Trinajstić information content (AvgIpc) is 2.53. The van der Waals surface area contributed by atoms with Gasteiger partial charge in [-0.1, -0.05) is 50.6 Å². The predicted molar refractivity (Wildman–Crippen MR) is 90.2 cm³/mol. The Morgan fingerprint density at radius 2 is 1.73 bits per heavy atom. The fourth-order valence-electron chi connectivity index (χ4n) is 2.49. The second kappa shape index (κ2) is 10.9. The van der Waals surface area contributed by atoms with Crippen molar-refractivity contribution in [3.63, 3.8) is 0 Å². The molecule has 0 aliphatic rings. The Hall–Kier alpha value is -1.71. The second-order valence-corrected chi connectivity index (χ2v) is 5.53. The largest absolute Gasteiger partial charge is 0.507 e. The normalized spacial score (nSPS) is 11.6. The van der Waals surface area contributed by atoms with Crippen molar-refractivity contribution < 1.29 is 15.1 Å². The lowest BCUT2D eigenvalue weighted by atomic mass is 10.0. The van der Waals surface area contributed by atoms with E-state index in [4.69, 9.17) is 4.74 Å². The molecule has 1 aromatic carbocycles. The number of benzene rings is 1. The number of oxime groups is 1. The SMILES string of the molecule is CCCCCCCCC/C(=N/O)c1cc(OCC)ccc1O. The van der Waals surface area contributed by atoms with Crippen molar-refractivity contribution in [2.45, 2.75) is 65.2 Å². The molecule has 0 atom stereocenters. The van der Waals surface area contributed by atoms with Gasteiger partial charge in [0.15, 0.2) is 0 Å². The summed E-state index contributed by atoms with van der Waals surface area (Å²) in [5, 5.41) is 22.6. The zero-order valence-electron chi connectivity index (χ0n) is 13.8. The zero-order valence-corrected chi connectivity index (χ0v) is 13.8. The molecule has 1 rings (SSSR count). The summed E-state index contributed by atoms with van der Waals surface area (Å²) in [5.74, 6) is 0.801. The van der Waals surface area contributed by atoms with E-state index < -0.39 is 0 Å². The number of unbranched alkanes of at least 4 members (excludes halogenated alkanes) is 6. The summed E-state index contributed by atoms with van der Waals surface area (Å²) in [6.45, 7) is 4.69. The molecule has 0 amide bonds. The van der Waals surface area contributed by atoms with Gasteiger partial charge in [-0.05, 0) is 38.0 Å². The predicted octanol–water partition coefficient (Wildman–Crippen LogP) is 5.11.